The van der Waals surface area contributed by atoms with Gasteiger partial charge in [0.15, 0.2) is 0 Å². The lowest BCUT2D eigenvalue weighted by atomic mass is 9.85. The number of rotatable bonds is 3. The van der Waals surface area contributed by atoms with Gasteiger partial charge in [0.2, 0.25) is 17.7 Å². The number of hydrogen-bond donors (Lipinski definition) is 0. The zero-order valence-electron chi connectivity index (χ0n) is 13.8. The molecule has 124 valence electrons. The first-order valence-electron chi connectivity index (χ1n) is 8.36. The van der Waals surface area contributed by atoms with Gasteiger partial charge in [-0.15, -0.1) is 0 Å². The number of carbonyl (C=O) groups is 3. The second-order valence-corrected chi connectivity index (χ2v) is 6.98. The molecular formula is C19H20N2O3. The van der Waals surface area contributed by atoms with Crippen LogP contribution in [0.5, 0.6) is 0 Å². The summed E-state index contributed by atoms with van der Waals surface area (Å²) in [6.07, 6.45) is 5.06. The average molecular weight is 324 g/mol. The Morgan fingerprint density at radius 3 is 2.25 bits per heavy atom. The molecule has 1 aliphatic heterocycles. The van der Waals surface area contributed by atoms with Crippen LogP contribution in [-0.2, 0) is 14.4 Å². The van der Waals surface area contributed by atoms with Gasteiger partial charge in [-0.05, 0) is 36.8 Å². The highest BCUT2D eigenvalue weighted by atomic mass is 16.2. The number of imide groups is 1. The molecule has 0 spiro atoms. The van der Waals surface area contributed by atoms with Crippen LogP contribution in [0.15, 0.2) is 36.4 Å². The van der Waals surface area contributed by atoms with Crippen molar-refractivity contribution in [2.75, 3.05) is 11.6 Å². The van der Waals surface area contributed by atoms with Crippen molar-refractivity contribution in [3.05, 3.63) is 42.0 Å². The standard InChI is InChI=1S/C19H20N2O3/c1-11-5-3-4-6-15(11)20(12(2)22)10-21-18(23)16-13-7-8-14(9-13)17(16)19(21)24/h3-8,13-14,16-17H,9-10H2,1-2H3/t13-,14-,16+,17+/m0/s1. The molecule has 0 aromatic heterocycles. The molecule has 3 amide bonds. The van der Waals surface area contributed by atoms with Gasteiger partial charge in [-0.25, -0.2) is 0 Å². The van der Waals surface area contributed by atoms with E-state index in [2.05, 4.69) is 12.2 Å². The van der Waals surface area contributed by atoms with Gasteiger partial charge in [-0.1, -0.05) is 30.4 Å². The average Bonchev–Trinajstić information content (AvgIpc) is 3.22. The van der Waals surface area contributed by atoms with E-state index in [0.29, 0.717) is 0 Å². The minimum absolute atomic E-state index is 0.00426. The summed E-state index contributed by atoms with van der Waals surface area (Å²) in [5.74, 6) is -0.501. The number of aryl methyl sites for hydroxylation is 1. The quantitative estimate of drug-likeness (QED) is 0.632. The molecule has 2 bridgehead atoms. The van der Waals surface area contributed by atoms with E-state index in [9.17, 15) is 14.4 Å². The Bertz CT molecular complexity index is 740. The van der Waals surface area contributed by atoms with Gasteiger partial charge in [0, 0.05) is 12.6 Å². The van der Waals surface area contributed by atoms with Crippen molar-refractivity contribution in [3.63, 3.8) is 0 Å². The first-order chi connectivity index (χ1) is 11.5. The third-order valence-corrected chi connectivity index (χ3v) is 5.63. The third-order valence-electron chi connectivity index (χ3n) is 5.63. The first kappa shape index (κ1) is 15.1. The molecule has 1 heterocycles. The van der Waals surface area contributed by atoms with Gasteiger partial charge >= 0.3 is 0 Å². The summed E-state index contributed by atoms with van der Waals surface area (Å²) in [6, 6.07) is 7.51. The molecule has 1 aromatic carbocycles. The Morgan fingerprint density at radius 1 is 1.12 bits per heavy atom. The van der Waals surface area contributed by atoms with Crippen molar-refractivity contribution in [2.24, 2.45) is 23.7 Å². The molecule has 1 saturated carbocycles. The molecule has 0 radical (unpaired) electrons. The van der Waals surface area contributed by atoms with Crippen molar-refractivity contribution < 1.29 is 14.4 Å². The van der Waals surface area contributed by atoms with E-state index in [1.165, 1.54) is 16.7 Å². The lowest BCUT2D eigenvalue weighted by Gasteiger charge is -2.28. The molecule has 5 nitrogen and oxygen atoms in total. The van der Waals surface area contributed by atoms with Gasteiger partial charge in [0.05, 0.1) is 11.8 Å². The maximum Gasteiger partial charge on any atom is 0.235 e. The lowest BCUT2D eigenvalue weighted by molar-refractivity contribution is -0.140. The summed E-state index contributed by atoms with van der Waals surface area (Å²) in [7, 11) is 0. The molecule has 5 heteroatoms. The van der Waals surface area contributed by atoms with Crippen LogP contribution in [0.4, 0.5) is 5.69 Å². The van der Waals surface area contributed by atoms with Crippen LogP contribution < -0.4 is 4.90 Å². The summed E-state index contributed by atoms with van der Waals surface area (Å²) in [4.78, 5) is 40.5. The first-order valence-corrected chi connectivity index (χ1v) is 8.36. The number of hydrogen-bond acceptors (Lipinski definition) is 3. The number of amides is 3. The Hall–Kier alpha value is -2.43. The summed E-state index contributed by atoms with van der Waals surface area (Å²) in [6.45, 7) is 3.38. The van der Waals surface area contributed by atoms with Crippen molar-refractivity contribution in [1.29, 1.82) is 0 Å². The largest absolute Gasteiger partial charge is 0.294 e. The SMILES string of the molecule is CC(=O)N(CN1C(=O)[C@H]2[C@H](C1=O)[C@H]1C=C[C@H]2C1)c1ccccc1C. The van der Waals surface area contributed by atoms with E-state index in [1.54, 1.807) is 0 Å². The molecule has 2 fully saturated rings. The molecule has 4 atom stereocenters. The lowest BCUT2D eigenvalue weighted by Crippen LogP contribution is -2.45. The van der Waals surface area contributed by atoms with Crippen LogP contribution in [0.2, 0.25) is 0 Å². The highest BCUT2D eigenvalue weighted by Crippen LogP contribution is 2.52. The fourth-order valence-electron chi connectivity index (χ4n) is 4.46. The van der Waals surface area contributed by atoms with E-state index in [4.69, 9.17) is 0 Å². The van der Waals surface area contributed by atoms with E-state index in [0.717, 1.165) is 17.7 Å². The topological polar surface area (TPSA) is 57.7 Å². The molecule has 24 heavy (non-hydrogen) atoms. The summed E-state index contributed by atoms with van der Waals surface area (Å²) in [5.41, 5.74) is 1.68. The summed E-state index contributed by atoms with van der Waals surface area (Å²) in [5, 5.41) is 0. The number of benzene rings is 1. The fourth-order valence-corrected chi connectivity index (χ4v) is 4.46. The Balaban J connectivity index is 1.62. The summed E-state index contributed by atoms with van der Waals surface area (Å²) < 4.78 is 0. The number of likely N-dealkylation sites (tertiary alicyclic amines) is 1. The molecule has 2 aliphatic carbocycles. The normalized spacial score (nSPS) is 30.2. The number of para-hydroxylation sites is 1. The van der Waals surface area contributed by atoms with E-state index in [1.807, 2.05) is 31.2 Å². The molecule has 0 unspecified atom stereocenters. The van der Waals surface area contributed by atoms with Gasteiger partial charge in [0.25, 0.3) is 0 Å². The Morgan fingerprint density at radius 2 is 1.71 bits per heavy atom. The second kappa shape index (κ2) is 5.30. The van der Waals surface area contributed by atoms with Crippen LogP contribution >= 0.6 is 0 Å². The maximum absolute atomic E-state index is 12.8. The van der Waals surface area contributed by atoms with E-state index in [-0.39, 0.29) is 48.1 Å². The second-order valence-electron chi connectivity index (χ2n) is 6.98. The van der Waals surface area contributed by atoms with Gasteiger partial charge in [0.1, 0.15) is 6.67 Å². The van der Waals surface area contributed by atoms with E-state index < -0.39 is 0 Å². The van der Waals surface area contributed by atoms with Gasteiger partial charge < -0.3 is 0 Å². The van der Waals surface area contributed by atoms with Crippen molar-refractivity contribution >= 4 is 23.4 Å². The monoisotopic (exact) mass is 324 g/mol. The van der Waals surface area contributed by atoms with E-state index >= 15 is 0 Å². The third kappa shape index (κ3) is 2.04. The van der Waals surface area contributed by atoms with Gasteiger partial charge in [-0.2, -0.15) is 0 Å². The predicted molar refractivity (Wildman–Crippen MR) is 88.8 cm³/mol. The molecular weight excluding hydrogens is 304 g/mol. The van der Waals surface area contributed by atoms with Crippen molar-refractivity contribution in [2.45, 2.75) is 20.3 Å². The molecule has 1 saturated heterocycles. The number of allylic oxidation sites excluding steroid dienone is 2. The highest BCUT2D eigenvalue weighted by Gasteiger charge is 2.59. The number of fused-ring (bicyclic) bond motifs is 5. The minimum atomic E-state index is -0.224. The maximum atomic E-state index is 12.8. The van der Waals surface area contributed by atoms with Crippen LogP contribution in [0.1, 0.15) is 18.9 Å². The van der Waals surface area contributed by atoms with Crippen LogP contribution in [0.25, 0.3) is 0 Å². The minimum Gasteiger partial charge on any atom is -0.294 e. The molecule has 1 aromatic rings. The zero-order valence-corrected chi connectivity index (χ0v) is 13.8. The number of carbonyl (C=O) groups excluding carboxylic acids is 3. The van der Waals surface area contributed by atoms with Crippen LogP contribution in [0.3, 0.4) is 0 Å². The smallest absolute Gasteiger partial charge is 0.235 e. The Kier molecular flexibility index (Phi) is 3.34. The molecule has 0 N–H and O–H groups in total. The molecule has 4 rings (SSSR count). The molecule has 3 aliphatic rings. The fraction of sp³-hybridized carbons (Fsp3) is 0.421. The van der Waals surface area contributed by atoms with Crippen molar-refractivity contribution in [1.82, 2.24) is 4.90 Å². The highest BCUT2D eigenvalue weighted by molar-refractivity contribution is 6.07. The van der Waals surface area contributed by atoms with Crippen LogP contribution in [0, 0.1) is 30.6 Å². The zero-order chi connectivity index (χ0) is 17.0. The predicted octanol–water partition coefficient (Wildman–Crippen LogP) is 2.11. The van der Waals surface area contributed by atoms with Crippen molar-refractivity contribution in [3.8, 4) is 0 Å². The number of nitrogens with zero attached hydrogens (tertiary/aromatic N) is 2. The summed E-state index contributed by atoms with van der Waals surface area (Å²) >= 11 is 0. The number of anilines is 1. The van der Waals surface area contributed by atoms with Crippen LogP contribution in [-0.4, -0.2) is 29.3 Å². The Labute approximate surface area is 140 Å². The van der Waals surface area contributed by atoms with Gasteiger partial charge in [-0.3, -0.25) is 24.2 Å².